The Bertz CT molecular complexity index is 398. The van der Waals surface area contributed by atoms with E-state index in [0.717, 1.165) is 11.1 Å². The molecule has 1 rings (SSSR count). The second-order valence-electron chi connectivity index (χ2n) is 3.94. The molecule has 1 aromatic rings. The molecule has 1 unspecified atom stereocenters. The SMILES string of the molecule is COC(=O)CC(NC(C)=O)c1ccc(C)cc1. The summed E-state index contributed by atoms with van der Waals surface area (Å²) in [6.45, 7) is 3.41. The van der Waals surface area contributed by atoms with Crippen molar-refractivity contribution in [2.45, 2.75) is 26.3 Å². The lowest BCUT2D eigenvalue weighted by molar-refractivity contribution is -0.141. The van der Waals surface area contributed by atoms with E-state index in [4.69, 9.17) is 0 Å². The number of carbonyl (C=O) groups excluding carboxylic acids is 2. The number of aryl methyl sites for hydroxylation is 1. The van der Waals surface area contributed by atoms with Gasteiger partial charge in [-0.2, -0.15) is 0 Å². The quantitative estimate of drug-likeness (QED) is 0.809. The molecule has 1 aromatic carbocycles. The molecule has 0 fully saturated rings. The van der Waals surface area contributed by atoms with Crippen molar-refractivity contribution in [3.8, 4) is 0 Å². The van der Waals surface area contributed by atoms with E-state index in [1.807, 2.05) is 31.2 Å². The molecule has 1 N–H and O–H groups in total. The summed E-state index contributed by atoms with van der Waals surface area (Å²) < 4.78 is 4.62. The van der Waals surface area contributed by atoms with Crippen LogP contribution < -0.4 is 5.32 Å². The minimum Gasteiger partial charge on any atom is -0.469 e. The predicted octanol–water partition coefficient (Wildman–Crippen LogP) is 1.74. The first-order valence-corrected chi connectivity index (χ1v) is 5.43. The Morgan fingerprint density at radius 3 is 2.35 bits per heavy atom. The summed E-state index contributed by atoms with van der Waals surface area (Å²) in [6.07, 6.45) is 0.138. The van der Waals surface area contributed by atoms with Crippen molar-refractivity contribution in [1.82, 2.24) is 5.32 Å². The van der Waals surface area contributed by atoms with Crippen molar-refractivity contribution < 1.29 is 14.3 Å². The first-order chi connectivity index (χ1) is 8.02. The molecule has 0 bridgehead atoms. The Kier molecular flexibility index (Phi) is 4.69. The zero-order valence-corrected chi connectivity index (χ0v) is 10.3. The predicted molar refractivity (Wildman–Crippen MR) is 64.4 cm³/mol. The lowest BCUT2D eigenvalue weighted by Crippen LogP contribution is -2.28. The number of nitrogens with one attached hydrogen (secondary N) is 1. The molecule has 0 saturated heterocycles. The van der Waals surface area contributed by atoms with E-state index >= 15 is 0 Å². The molecule has 0 spiro atoms. The van der Waals surface area contributed by atoms with Gasteiger partial charge in [0.2, 0.25) is 5.91 Å². The van der Waals surface area contributed by atoms with Gasteiger partial charge in [-0.3, -0.25) is 9.59 Å². The van der Waals surface area contributed by atoms with Crippen molar-refractivity contribution >= 4 is 11.9 Å². The highest BCUT2D eigenvalue weighted by Gasteiger charge is 2.17. The largest absolute Gasteiger partial charge is 0.469 e. The summed E-state index contributed by atoms with van der Waals surface area (Å²) in [6, 6.07) is 7.36. The number of rotatable bonds is 4. The van der Waals surface area contributed by atoms with Crippen LogP contribution in [0.25, 0.3) is 0 Å². The molecule has 0 aromatic heterocycles. The second kappa shape index (κ2) is 6.03. The number of carbonyl (C=O) groups is 2. The average Bonchev–Trinajstić information content (AvgIpc) is 2.28. The van der Waals surface area contributed by atoms with E-state index in [9.17, 15) is 9.59 Å². The number of ether oxygens (including phenoxy) is 1. The van der Waals surface area contributed by atoms with Gasteiger partial charge in [-0.25, -0.2) is 0 Å². The maximum atomic E-state index is 11.3. The van der Waals surface area contributed by atoms with Gasteiger partial charge in [-0.1, -0.05) is 29.8 Å². The Morgan fingerprint density at radius 2 is 1.88 bits per heavy atom. The van der Waals surface area contributed by atoms with E-state index < -0.39 is 0 Å². The average molecular weight is 235 g/mol. The number of methoxy groups -OCH3 is 1. The van der Waals surface area contributed by atoms with E-state index in [0.29, 0.717) is 0 Å². The zero-order chi connectivity index (χ0) is 12.8. The van der Waals surface area contributed by atoms with Gasteiger partial charge in [0.05, 0.1) is 19.6 Å². The Labute approximate surface area is 101 Å². The van der Waals surface area contributed by atoms with E-state index in [-0.39, 0.29) is 24.3 Å². The third-order valence-corrected chi connectivity index (χ3v) is 2.46. The zero-order valence-electron chi connectivity index (χ0n) is 10.3. The van der Waals surface area contributed by atoms with E-state index in [1.165, 1.54) is 14.0 Å². The minimum atomic E-state index is -0.343. The van der Waals surface area contributed by atoms with Crippen LogP contribution in [0, 0.1) is 6.92 Å². The lowest BCUT2D eigenvalue weighted by atomic mass is 10.0. The molecule has 4 heteroatoms. The number of esters is 1. The molecule has 0 heterocycles. The normalized spacial score (nSPS) is 11.7. The second-order valence-corrected chi connectivity index (χ2v) is 3.94. The molecule has 0 saturated carbocycles. The van der Waals surface area contributed by atoms with Crippen LogP contribution in [-0.4, -0.2) is 19.0 Å². The molecule has 0 aliphatic heterocycles. The molecule has 0 radical (unpaired) electrons. The van der Waals surface area contributed by atoms with Crippen LogP contribution in [0.4, 0.5) is 0 Å². The van der Waals surface area contributed by atoms with Crippen LogP contribution in [-0.2, 0) is 14.3 Å². The summed E-state index contributed by atoms with van der Waals surface area (Å²) in [5, 5.41) is 2.74. The smallest absolute Gasteiger partial charge is 0.307 e. The van der Waals surface area contributed by atoms with Crippen LogP contribution in [0.2, 0.25) is 0 Å². The van der Waals surface area contributed by atoms with Gasteiger partial charge >= 0.3 is 5.97 Å². The van der Waals surface area contributed by atoms with Crippen LogP contribution in [0.15, 0.2) is 24.3 Å². The van der Waals surface area contributed by atoms with E-state index in [2.05, 4.69) is 10.1 Å². The maximum Gasteiger partial charge on any atom is 0.307 e. The minimum absolute atomic E-state index is 0.138. The monoisotopic (exact) mass is 235 g/mol. The molecule has 1 atom stereocenters. The summed E-state index contributed by atoms with van der Waals surface area (Å²) >= 11 is 0. The Hall–Kier alpha value is -1.84. The van der Waals surface area contributed by atoms with E-state index in [1.54, 1.807) is 0 Å². The van der Waals surface area contributed by atoms with Gasteiger partial charge < -0.3 is 10.1 Å². The third-order valence-electron chi connectivity index (χ3n) is 2.46. The van der Waals surface area contributed by atoms with Crippen LogP contribution in [0.5, 0.6) is 0 Å². The summed E-state index contributed by atoms with van der Waals surface area (Å²) in [5.41, 5.74) is 2.03. The Balaban J connectivity index is 2.85. The van der Waals surface area contributed by atoms with Crippen molar-refractivity contribution in [1.29, 1.82) is 0 Å². The highest BCUT2D eigenvalue weighted by molar-refractivity contribution is 5.75. The fraction of sp³-hybridized carbons (Fsp3) is 0.385. The van der Waals surface area contributed by atoms with Gasteiger partial charge in [0, 0.05) is 6.92 Å². The number of benzene rings is 1. The highest BCUT2D eigenvalue weighted by atomic mass is 16.5. The van der Waals surface area contributed by atoms with Crippen molar-refractivity contribution in [2.75, 3.05) is 7.11 Å². The number of amides is 1. The van der Waals surface area contributed by atoms with Crippen molar-refractivity contribution in [2.24, 2.45) is 0 Å². The van der Waals surface area contributed by atoms with Gasteiger partial charge in [0.1, 0.15) is 0 Å². The summed E-state index contributed by atoms with van der Waals surface area (Å²) in [4.78, 5) is 22.4. The third kappa shape index (κ3) is 4.26. The molecular weight excluding hydrogens is 218 g/mol. The number of hydrogen-bond acceptors (Lipinski definition) is 3. The fourth-order valence-electron chi connectivity index (χ4n) is 1.55. The fourth-order valence-corrected chi connectivity index (χ4v) is 1.55. The molecule has 0 aliphatic rings. The standard InChI is InChI=1S/C13H17NO3/c1-9-4-6-11(7-5-9)12(14-10(2)15)8-13(16)17-3/h4-7,12H,8H2,1-3H3,(H,14,15). The molecular formula is C13H17NO3. The molecule has 4 nitrogen and oxygen atoms in total. The topological polar surface area (TPSA) is 55.4 Å². The number of hydrogen-bond donors (Lipinski definition) is 1. The summed E-state index contributed by atoms with van der Waals surface area (Å²) in [7, 11) is 1.34. The van der Waals surface area contributed by atoms with Crippen molar-refractivity contribution in [3.05, 3.63) is 35.4 Å². The van der Waals surface area contributed by atoms with Gasteiger partial charge in [-0.05, 0) is 12.5 Å². The molecule has 17 heavy (non-hydrogen) atoms. The van der Waals surface area contributed by atoms with Crippen LogP contribution in [0.3, 0.4) is 0 Å². The molecule has 0 aliphatic carbocycles. The molecule has 1 amide bonds. The van der Waals surface area contributed by atoms with Crippen LogP contribution >= 0.6 is 0 Å². The van der Waals surface area contributed by atoms with Gasteiger partial charge in [0.15, 0.2) is 0 Å². The van der Waals surface area contributed by atoms with Gasteiger partial charge in [0.25, 0.3) is 0 Å². The first-order valence-electron chi connectivity index (χ1n) is 5.43. The maximum absolute atomic E-state index is 11.3. The Morgan fingerprint density at radius 1 is 1.29 bits per heavy atom. The highest BCUT2D eigenvalue weighted by Crippen LogP contribution is 2.18. The van der Waals surface area contributed by atoms with Crippen molar-refractivity contribution in [3.63, 3.8) is 0 Å². The summed E-state index contributed by atoms with van der Waals surface area (Å²) in [5.74, 6) is -0.510. The molecule has 92 valence electrons. The van der Waals surface area contributed by atoms with Gasteiger partial charge in [-0.15, -0.1) is 0 Å². The lowest BCUT2D eigenvalue weighted by Gasteiger charge is -2.17. The first kappa shape index (κ1) is 13.2. The van der Waals surface area contributed by atoms with Crippen LogP contribution in [0.1, 0.15) is 30.5 Å².